The molecular formula is C8H15NO3S2. The van der Waals surface area contributed by atoms with Crippen LogP contribution in [0.1, 0.15) is 13.3 Å². The lowest BCUT2D eigenvalue weighted by Gasteiger charge is -2.13. The Morgan fingerprint density at radius 2 is 2.21 bits per heavy atom. The van der Waals surface area contributed by atoms with Crippen molar-refractivity contribution in [3.63, 3.8) is 0 Å². The van der Waals surface area contributed by atoms with Crippen LogP contribution in [0.15, 0.2) is 0 Å². The number of amides is 1. The number of nitrogens with one attached hydrogen (secondary N) is 1. The summed E-state index contributed by atoms with van der Waals surface area (Å²) < 4.78 is 22.2. The lowest BCUT2D eigenvalue weighted by molar-refractivity contribution is -0.120. The fourth-order valence-electron chi connectivity index (χ4n) is 1.33. The number of thioether (sulfide) groups is 1. The molecule has 1 aliphatic rings. The topological polar surface area (TPSA) is 63.2 Å². The molecule has 82 valence electrons. The van der Waals surface area contributed by atoms with Gasteiger partial charge in [0.05, 0.1) is 16.8 Å². The van der Waals surface area contributed by atoms with Crippen molar-refractivity contribution in [2.75, 3.05) is 17.8 Å². The van der Waals surface area contributed by atoms with Crippen LogP contribution in [0.5, 0.6) is 0 Å². The molecule has 0 bridgehead atoms. The van der Waals surface area contributed by atoms with Gasteiger partial charge in [0.2, 0.25) is 5.91 Å². The summed E-state index contributed by atoms with van der Waals surface area (Å²) in [5.74, 6) is 0.227. The molecule has 0 aromatic carbocycles. The Bertz CT molecular complexity index is 313. The SMILES string of the molecule is CSC(C)C(=O)NC1CCS(=O)(=O)C1. The fourth-order valence-corrected chi connectivity index (χ4v) is 3.29. The van der Waals surface area contributed by atoms with Gasteiger partial charge in [0, 0.05) is 6.04 Å². The molecule has 1 N–H and O–H groups in total. The number of hydrogen-bond donors (Lipinski definition) is 1. The fraction of sp³-hybridized carbons (Fsp3) is 0.875. The van der Waals surface area contributed by atoms with Gasteiger partial charge >= 0.3 is 0 Å². The van der Waals surface area contributed by atoms with Crippen molar-refractivity contribution in [2.45, 2.75) is 24.6 Å². The van der Waals surface area contributed by atoms with Crippen LogP contribution in [0.2, 0.25) is 0 Å². The van der Waals surface area contributed by atoms with Crippen LogP contribution in [0.25, 0.3) is 0 Å². The lowest BCUT2D eigenvalue weighted by atomic mass is 10.2. The average Bonchev–Trinajstić information content (AvgIpc) is 2.44. The Kier molecular flexibility index (Phi) is 3.83. The molecule has 2 atom stereocenters. The first kappa shape index (κ1) is 11.8. The summed E-state index contributed by atoms with van der Waals surface area (Å²) in [6.07, 6.45) is 2.41. The molecule has 0 radical (unpaired) electrons. The minimum absolute atomic E-state index is 0.0698. The standard InChI is InChI=1S/C8H15NO3S2/c1-6(13-2)8(10)9-7-3-4-14(11,12)5-7/h6-7H,3-5H2,1-2H3,(H,9,10). The van der Waals surface area contributed by atoms with Crippen molar-refractivity contribution < 1.29 is 13.2 Å². The second-order valence-electron chi connectivity index (χ2n) is 3.49. The van der Waals surface area contributed by atoms with Gasteiger partial charge in [-0.1, -0.05) is 0 Å². The zero-order valence-corrected chi connectivity index (χ0v) is 9.95. The summed E-state index contributed by atoms with van der Waals surface area (Å²) >= 11 is 1.45. The van der Waals surface area contributed by atoms with E-state index >= 15 is 0 Å². The molecule has 0 aliphatic carbocycles. The molecule has 4 nitrogen and oxygen atoms in total. The Labute approximate surface area is 88.7 Å². The highest BCUT2D eigenvalue weighted by molar-refractivity contribution is 7.99. The van der Waals surface area contributed by atoms with Crippen LogP contribution in [-0.4, -0.2) is 43.4 Å². The maximum atomic E-state index is 11.4. The number of hydrogen-bond acceptors (Lipinski definition) is 4. The van der Waals surface area contributed by atoms with E-state index in [9.17, 15) is 13.2 Å². The molecule has 0 spiro atoms. The number of carbonyl (C=O) groups excluding carboxylic acids is 1. The van der Waals surface area contributed by atoms with Gasteiger partial charge in [-0.3, -0.25) is 4.79 Å². The first-order valence-corrected chi connectivity index (χ1v) is 7.59. The molecule has 2 unspecified atom stereocenters. The van der Waals surface area contributed by atoms with E-state index in [0.29, 0.717) is 6.42 Å². The molecule has 1 saturated heterocycles. The minimum atomic E-state index is -2.90. The van der Waals surface area contributed by atoms with E-state index in [4.69, 9.17) is 0 Å². The molecule has 1 aliphatic heterocycles. The van der Waals surface area contributed by atoms with Crippen molar-refractivity contribution >= 4 is 27.5 Å². The molecule has 0 aromatic heterocycles. The van der Waals surface area contributed by atoms with Crippen LogP contribution in [0.3, 0.4) is 0 Å². The van der Waals surface area contributed by atoms with Crippen molar-refractivity contribution in [3.05, 3.63) is 0 Å². The zero-order valence-electron chi connectivity index (χ0n) is 8.32. The van der Waals surface area contributed by atoms with E-state index in [-0.39, 0.29) is 28.7 Å². The second kappa shape index (κ2) is 4.53. The third-order valence-corrected chi connectivity index (χ3v) is 4.99. The highest BCUT2D eigenvalue weighted by atomic mass is 32.2. The molecule has 1 fully saturated rings. The highest BCUT2D eigenvalue weighted by Crippen LogP contribution is 2.12. The second-order valence-corrected chi connectivity index (χ2v) is 6.89. The van der Waals surface area contributed by atoms with Gasteiger partial charge in [-0.25, -0.2) is 8.42 Å². The summed E-state index contributed by atoms with van der Waals surface area (Å²) in [5, 5.41) is 2.63. The molecule has 0 saturated carbocycles. The van der Waals surface area contributed by atoms with Gasteiger partial charge < -0.3 is 5.32 Å². The van der Waals surface area contributed by atoms with E-state index in [1.54, 1.807) is 0 Å². The van der Waals surface area contributed by atoms with E-state index in [1.807, 2.05) is 13.2 Å². The molecule has 6 heteroatoms. The minimum Gasteiger partial charge on any atom is -0.351 e. The van der Waals surface area contributed by atoms with Crippen LogP contribution in [0.4, 0.5) is 0 Å². The molecule has 1 amide bonds. The molecule has 1 heterocycles. The average molecular weight is 237 g/mol. The molecule has 0 aromatic rings. The lowest BCUT2D eigenvalue weighted by Crippen LogP contribution is -2.39. The van der Waals surface area contributed by atoms with E-state index in [2.05, 4.69) is 5.32 Å². The Balaban J connectivity index is 2.44. The Morgan fingerprint density at radius 3 is 2.64 bits per heavy atom. The highest BCUT2D eigenvalue weighted by Gasteiger charge is 2.29. The van der Waals surface area contributed by atoms with E-state index in [1.165, 1.54) is 11.8 Å². The molecule has 14 heavy (non-hydrogen) atoms. The van der Waals surface area contributed by atoms with Crippen molar-refractivity contribution in [1.82, 2.24) is 5.32 Å². The zero-order chi connectivity index (χ0) is 10.8. The van der Waals surface area contributed by atoms with Gasteiger partial charge in [-0.05, 0) is 19.6 Å². The number of rotatable bonds is 3. The predicted molar refractivity (Wildman–Crippen MR) is 58.2 cm³/mol. The number of sulfone groups is 1. The summed E-state index contributed by atoms with van der Waals surface area (Å²) in [6.45, 7) is 1.81. The van der Waals surface area contributed by atoms with Crippen LogP contribution >= 0.6 is 11.8 Å². The van der Waals surface area contributed by atoms with Gasteiger partial charge in [-0.15, -0.1) is 0 Å². The van der Waals surface area contributed by atoms with Crippen LogP contribution in [-0.2, 0) is 14.6 Å². The van der Waals surface area contributed by atoms with Crippen LogP contribution in [0, 0.1) is 0 Å². The van der Waals surface area contributed by atoms with Crippen LogP contribution < -0.4 is 5.32 Å². The molecular weight excluding hydrogens is 222 g/mol. The van der Waals surface area contributed by atoms with E-state index < -0.39 is 9.84 Å². The largest absolute Gasteiger partial charge is 0.351 e. The number of carbonyl (C=O) groups is 1. The molecule has 1 rings (SSSR count). The van der Waals surface area contributed by atoms with Gasteiger partial charge in [0.1, 0.15) is 0 Å². The van der Waals surface area contributed by atoms with E-state index in [0.717, 1.165) is 0 Å². The third kappa shape index (κ3) is 3.16. The maximum absolute atomic E-state index is 11.4. The van der Waals surface area contributed by atoms with Gasteiger partial charge in [0.15, 0.2) is 9.84 Å². The normalized spacial score (nSPS) is 27.1. The smallest absolute Gasteiger partial charge is 0.233 e. The predicted octanol–water partition coefficient (Wildman–Crippen LogP) is 0.0412. The quantitative estimate of drug-likeness (QED) is 0.753. The maximum Gasteiger partial charge on any atom is 0.233 e. The van der Waals surface area contributed by atoms with Gasteiger partial charge in [-0.2, -0.15) is 11.8 Å². The summed E-state index contributed by atoms with van der Waals surface area (Å²) in [7, 11) is -2.90. The Morgan fingerprint density at radius 1 is 1.57 bits per heavy atom. The van der Waals surface area contributed by atoms with Crippen molar-refractivity contribution in [2.24, 2.45) is 0 Å². The summed E-state index contributed by atoms with van der Waals surface area (Å²) in [5.41, 5.74) is 0. The van der Waals surface area contributed by atoms with Crippen molar-refractivity contribution in [1.29, 1.82) is 0 Å². The first-order valence-electron chi connectivity index (χ1n) is 4.48. The van der Waals surface area contributed by atoms with Crippen molar-refractivity contribution in [3.8, 4) is 0 Å². The van der Waals surface area contributed by atoms with Gasteiger partial charge in [0.25, 0.3) is 0 Å². The third-order valence-electron chi connectivity index (χ3n) is 2.30. The summed E-state index contributed by atoms with van der Waals surface area (Å²) in [4.78, 5) is 11.4. The monoisotopic (exact) mass is 237 g/mol. The first-order chi connectivity index (χ1) is 6.44. The summed E-state index contributed by atoms with van der Waals surface area (Å²) in [6, 6.07) is -0.179. The Hall–Kier alpha value is -0.230.